The number of hydrogen-bond acceptors (Lipinski definition) is 4. The van der Waals surface area contributed by atoms with E-state index in [1.54, 1.807) is 0 Å². The summed E-state index contributed by atoms with van der Waals surface area (Å²) < 4.78 is 6.38. The summed E-state index contributed by atoms with van der Waals surface area (Å²) in [5, 5.41) is 6.79. The Bertz CT molecular complexity index is 2550. The number of nitrogens with zero attached hydrogens (tertiary/aromatic N) is 3. The molecule has 0 spiro atoms. The van der Waals surface area contributed by atoms with Crippen LogP contribution in [0.4, 0.5) is 0 Å². The van der Waals surface area contributed by atoms with Crippen molar-refractivity contribution in [2.24, 2.45) is 0 Å². The Morgan fingerprint density at radius 2 is 0.978 bits per heavy atom. The zero-order chi connectivity index (χ0) is 29.7. The third kappa shape index (κ3) is 4.35. The summed E-state index contributed by atoms with van der Waals surface area (Å²) in [6, 6.07) is 52.4. The first-order valence-corrected chi connectivity index (χ1v) is 15.0. The van der Waals surface area contributed by atoms with Crippen molar-refractivity contribution >= 4 is 43.5 Å². The number of hydrogen-bond donors (Lipinski definition) is 0. The molecule has 0 radical (unpaired) electrons. The highest BCUT2D eigenvalue weighted by Gasteiger charge is 2.18. The number of para-hydroxylation sites is 2. The highest BCUT2D eigenvalue weighted by Crippen LogP contribution is 2.37. The molecule has 210 valence electrons. The average molecular weight is 576 g/mol. The molecule has 0 N–H and O–H groups in total. The zero-order valence-corrected chi connectivity index (χ0v) is 24.2. The first-order valence-electron chi connectivity index (χ1n) is 15.0. The number of furan rings is 1. The van der Waals surface area contributed by atoms with Gasteiger partial charge in [-0.25, -0.2) is 15.0 Å². The molecule has 9 rings (SSSR count). The van der Waals surface area contributed by atoms with Crippen LogP contribution in [0.5, 0.6) is 0 Å². The number of fused-ring (bicyclic) bond motifs is 5. The summed E-state index contributed by atoms with van der Waals surface area (Å²) in [5.41, 5.74) is 6.69. The fraction of sp³-hybridized carbons (Fsp3) is 0. The van der Waals surface area contributed by atoms with Crippen LogP contribution in [0.3, 0.4) is 0 Å². The van der Waals surface area contributed by atoms with Gasteiger partial charge in [-0.15, -0.1) is 0 Å². The van der Waals surface area contributed by atoms with Gasteiger partial charge >= 0.3 is 0 Å². The van der Waals surface area contributed by atoms with Crippen LogP contribution in [0.15, 0.2) is 156 Å². The lowest BCUT2D eigenvalue weighted by Gasteiger charge is -2.12. The molecule has 4 heteroatoms. The van der Waals surface area contributed by atoms with Gasteiger partial charge in [-0.1, -0.05) is 127 Å². The van der Waals surface area contributed by atoms with Gasteiger partial charge in [0.25, 0.3) is 0 Å². The van der Waals surface area contributed by atoms with Crippen molar-refractivity contribution in [3.8, 4) is 45.3 Å². The molecule has 2 heterocycles. The van der Waals surface area contributed by atoms with E-state index < -0.39 is 0 Å². The minimum atomic E-state index is 0.577. The van der Waals surface area contributed by atoms with Crippen molar-refractivity contribution in [3.63, 3.8) is 0 Å². The first kappa shape index (κ1) is 25.4. The molecule has 0 fully saturated rings. The SMILES string of the molecule is c1ccc(-c2nc(-c3cccc4cc(-c5ccc6ccccc6c5)ccc34)nc(-c3cccc4c3oc3ccccc34)n2)cc1. The largest absolute Gasteiger partial charge is 0.455 e. The number of benzene rings is 7. The zero-order valence-electron chi connectivity index (χ0n) is 24.2. The Morgan fingerprint density at radius 1 is 0.356 bits per heavy atom. The average Bonchev–Trinajstić information content (AvgIpc) is 3.50. The molecule has 7 aromatic carbocycles. The van der Waals surface area contributed by atoms with Crippen LogP contribution < -0.4 is 0 Å². The van der Waals surface area contributed by atoms with Gasteiger partial charge in [0, 0.05) is 21.9 Å². The Kier molecular flexibility index (Phi) is 5.78. The van der Waals surface area contributed by atoms with Gasteiger partial charge < -0.3 is 4.42 Å². The van der Waals surface area contributed by atoms with Crippen molar-refractivity contribution in [1.29, 1.82) is 0 Å². The normalized spacial score (nSPS) is 11.6. The van der Waals surface area contributed by atoms with Gasteiger partial charge in [-0.05, 0) is 56.9 Å². The Labute approximate surface area is 259 Å². The van der Waals surface area contributed by atoms with Crippen LogP contribution in [-0.2, 0) is 0 Å². The van der Waals surface area contributed by atoms with Crippen molar-refractivity contribution in [2.75, 3.05) is 0 Å². The third-order valence-corrected chi connectivity index (χ3v) is 8.52. The van der Waals surface area contributed by atoms with Gasteiger partial charge in [0.05, 0.1) is 5.56 Å². The first-order chi connectivity index (χ1) is 22.3. The van der Waals surface area contributed by atoms with E-state index >= 15 is 0 Å². The maximum absolute atomic E-state index is 6.38. The minimum Gasteiger partial charge on any atom is -0.455 e. The summed E-state index contributed by atoms with van der Waals surface area (Å²) in [5.74, 6) is 1.82. The summed E-state index contributed by atoms with van der Waals surface area (Å²) in [6.45, 7) is 0. The number of aromatic nitrogens is 3. The van der Waals surface area contributed by atoms with E-state index in [0.717, 1.165) is 49.4 Å². The van der Waals surface area contributed by atoms with Crippen LogP contribution in [0.1, 0.15) is 0 Å². The molecular weight excluding hydrogens is 550 g/mol. The molecule has 2 aromatic heterocycles. The molecule has 0 saturated heterocycles. The maximum Gasteiger partial charge on any atom is 0.167 e. The van der Waals surface area contributed by atoms with Crippen LogP contribution in [-0.4, -0.2) is 15.0 Å². The van der Waals surface area contributed by atoms with Crippen molar-refractivity contribution < 1.29 is 4.42 Å². The maximum atomic E-state index is 6.38. The summed E-state index contributed by atoms with van der Waals surface area (Å²) in [4.78, 5) is 15.1. The number of rotatable bonds is 4. The minimum absolute atomic E-state index is 0.577. The monoisotopic (exact) mass is 575 g/mol. The molecule has 0 amide bonds. The fourth-order valence-electron chi connectivity index (χ4n) is 6.28. The van der Waals surface area contributed by atoms with E-state index in [-0.39, 0.29) is 0 Å². The van der Waals surface area contributed by atoms with Crippen LogP contribution in [0.2, 0.25) is 0 Å². The Morgan fingerprint density at radius 3 is 1.87 bits per heavy atom. The molecule has 0 aliphatic carbocycles. The lowest BCUT2D eigenvalue weighted by molar-refractivity contribution is 0.669. The highest BCUT2D eigenvalue weighted by molar-refractivity contribution is 6.09. The molecular formula is C41H25N3O. The lowest BCUT2D eigenvalue weighted by atomic mass is 9.96. The van der Waals surface area contributed by atoms with Crippen LogP contribution in [0, 0.1) is 0 Å². The Balaban J connectivity index is 1.23. The molecule has 0 saturated carbocycles. The van der Waals surface area contributed by atoms with Crippen molar-refractivity contribution in [3.05, 3.63) is 152 Å². The predicted molar refractivity (Wildman–Crippen MR) is 184 cm³/mol. The molecule has 9 aromatic rings. The third-order valence-electron chi connectivity index (χ3n) is 8.52. The van der Waals surface area contributed by atoms with Crippen molar-refractivity contribution in [2.45, 2.75) is 0 Å². The smallest absolute Gasteiger partial charge is 0.167 e. The summed E-state index contributed by atoms with van der Waals surface area (Å²) in [6.07, 6.45) is 0. The van der Waals surface area contributed by atoms with Gasteiger partial charge in [-0.2, -0.15) is 0 Å². The summed E-state index contributed by atoms with van der Waals surface area (Å²) >= 11 is 0. The molecule has 0 aliphatic rings. The van der Waals surface area contributed by atoms with Gasteiger partial charge in [0.1, 0.15) is 11.2 Å². The van der Waals surface area contributed by atoms with Crippen LogP contribution >= 0.6 is 0 Å². The van der Waals surface area contributed by atoms with E-state index in [9.17, 15) is 0 Å². The van der Waals surface area contributed by atoms with E-state index in [4.69, 9.17) is 19.4 Å². The predicted octanol–water partition coefficient (Wildman–Crippen LogP) is 10.7. The molecule has 0 bridgehead atoms. The molecule has 45 heavy (non-hydrogen) atoms. The van der Waals surface area contributed by atoms with Gasteiger partial charge in [0.15, 0.2) is 17.5 Å². The quantitative estimate of drug-likeness (QED) is 0.209. The second kappa shape index (κ2) is 10.2. The second-order valence-electron chi connectivity index (χ2n) is 11.3. The lowest BCUT2D eigenvalue weighted by Crippen LogP contribution is -2.00. The van der Waals surface area contributed by atoms with E-state index in [1.807, 2.05) is 60.7 Å². The van der Waals surface area contributed by atoms with Gasteiger partial charge in [-0.3, -0.25) is 0 Å². The van der Waals surface area contributed by atoms with E-state index in [2.05, 4.69) is 91.0 Å². The van der Waals surface area contributed by atoms with Gasteiger partial charge in [0.2, 0.25) is 0 Å². The fourth-order valence-corrected chi connectivity index (χ4v) is 6.28. The molecule has 4 nitrogen and oxygen atoms in total. The van der Waals surface area contributed by atoms with E-state index in [1.165, 1.54) is 21.9 Å². The van der Waals surface area contributed by atoms with E-state index in [0.29, 0.717) is 17.5 Å². The van der Waals surface area contributed by atoms with Crippen molar-refractivity contribution in [1.82, 2.24) is 15.0 Å². The molecule has 0 unspecified atom stereocenters. The summed E-state index contributed by atoms with van der Waals surface area (Å²) in [7, 11) is 0. The van der Waals surface area contributed by atoms with Crippen LogP contribution in [0.25, 0.3) is 88.8 Å². The topological polar surface area (TPSA) is 51.8 Å². The second-order valence-corrected chi connectivity index (χ2v) is 11.3. The highest BCUT2D eigenvalue weighted by atomic mass is 16.3. The molecule has 0 aliphatic heterocycles. The molecule has 0 atom stereocenters. The Hall–Kier alpha value is -6.13. The standard InChI is InChI=1S/C41H25N3O/c1-2-11-27(12-3-1)39-42-40(44-41(43-39)36-18-9-16-34-33-15-6-7-19-37(33)45-38(34)36)35-17-8-14-31-25-30(22-23-32(31)35)29-21-20-26-10-4-5-13-28(26)24-29/h1-25H.